The number of amides is 3. The first-order valence-electron chi connectivity index (χ1n) is 9.54. The van der Waals surface area contributed by atoms with Crippen LogP contribution in [0.5, 0.6) is 0 Å². The van der Waals surface area contributed by atoms with Crippen LogP contribution in [-0.4, -0.2) is 45.5 Å². The van der Waals surface area contributed by atoms with Gasteiger partial charge in [-0.15, -0.1) is 10.2 Å². The van der Waals surface area contributed by atoms with E-state index in [1.54, 1.807) is 11.8 Å². The highest BCUT2D eigenvalue weighted by molar-refractivity contribution is 7.99. The van der Waals surface area contributed by atoms with Crippen molar-refractivity contribution in [3.63, 3.8) is 0 Å². The van der Waals surface area contributed by atoms with Gasteiger partial charge in [-0.05, 0) is 44.7 Å². The summed E-state index contributed by atoms with van der Waals surface area (Å²) in [5.41, 5.74) is 7.19. The number of rotatable bonds is 7. The lowest BCUT2D eigenvalue weighted by Gasteiger charge is -2.27. The maximum Gasteiger partial charge on any atom is 0.318 e. The van der Waals surface area contributed by atoms with E-state index < -0.39 is 6.03 Å². The van der Waals surface area contributed by atoms with Crippen molar-refractivity contribution in [1.29, 1.82) is 0 Å². The smallest absolute Gasteiger partial charge is 0.318 e. The van der Waals surface area contributed by atoms with Gasteiger partial charge < -0.3 is 10.6 Å². The Morgan fingerprint density at radius 1 is 1.14 bits per heavy atom. The van der Waals surface area contributed by atoms with Gasteiger partial charge in [0.2, 0.25) is 11.9 Å². The number of carbonyl (C=O) groups excluding carboxylic acids is 2. The summed E-state index contributed by atoms with van der Waals surface area (Å²) in [6.45, 7) is 4.04. The van der Waals surface area contributed by atoms with Crippen LogP contribution < -0.4 is 16.0 Å². The third-order valence-electron chi connectivity index (χ3n) is 4.59. The van der Waals surface area contributed by atoms with Crippen LogP contribution in [-0.2, 0) is 4.79 Å². The second kappa shape index (κ2) is 9.59. The Bertz CT molecular complexity index is 814. The first-order valence-corrected chi connectivity index (χ1v) is 10.5. The Hall–Kier alpha value is -2.55. The molecule has 3 amide bonds. The average Bonchev–Trinajstić information content (AvgIpc) is 3.10. The van der Waals surface area contributed by atoms with Crippen molar-refractivity contribution in [2.75, 3.05) is 23.7 Å². The number of piperidine rings is 1. The number of benzene rings is 1. The molecule has 0 saturated carbocycles. The number of nitrogens with two attached hydrogens (primary N) is 1. The van der Waals surface area contributed by atoms with Gasteiger partial charge in [-0.3, -0.25) is 14.7 Å². The van der Waals surface area contributed by atoms with Crippen molar-refractivity contribution in [2.45, 2.75) is 44.2 Å². The lowest BCUT2D eigenvalue weighted by molar-refractivity contribution is -0.119. The molecule has 0 radical (unpaired) electrons. The molecule has 1 aromatic carbocycles. The molecule has 1 aromatic heterocycles. The molecular weight excluding hydrogens is 376 g/mol. The van der Waals surface area contributed by atoms with Gasteiger partial charge in [-0.2, -0.15) is 0 Å². The highest BCUT2D eigenvalue weighted by Crippen LogP contribution is 2.29. The Balaban J connectivity index is 1.73. The van der Waals surface area contributed by atoms with E-state index in [1.807, 2.05) is 0 Å². The zero-order valence-corrected chi connectivity index (χ0v) is 16.9. The first-order chi connectivity index (χ1) is 13.5. The zero-order valence-electron chi connectivity index (χ0n) is 16.1. The number of carbonyl (C=O) groups is 2. The van der Waals surface area contributed by atoms with E-state index in [1.165, 1.54) is 12.0 Å². The summed E-state index contributed by atoms with van der Waals surface area (Å²) in [7, 11) is 0. The van der Waals surface area contributed by atoms with Crippen molar-refractivity contribution in [2.24, 2.45) is 5.73 Å². The Labute approximate surface area is 168 Å². The zero-order chi connectivity index (χ0) is 19.9. The fourth-order valence-electron chi connectivity index (χ4n) is 3.17. The largest absolute Gasteiger partial charge is 0.351 e. The van der Waals surface area contributed by atoms with Gasteiger partial charge >= 0.3 is 6.03 Å². The van der Waals surface area contributed by atoms with Crippen LogP contribution in [0.25, 0.3) is 5.69 Å². The Morgan fingerprint density at radius 3 is 2.54 bits per heavy atom. The van der Waals surface area contributed by atoms with Crippen LogP contribution in [0.2, 0.25) is 0 Å². The standard InChI is InChI=1S/C19H26N6O2S/c1-14-7-9-15(10-8-14)25-18(24-11-3-2-4-12-24)22-23-19(25)28-13-5-6-16(26)21-17(20)27/h7-10H,2-6,11-13H2,1H3,(H3,20,21,26,27). The minimum atomic E-state index is -0.817. The van der Waals surface area contributed by atoms with E-state index in [0.29, 0.717) is 12.2 Å². The normalized spacial score (nSPS) is 14.1. The summed E-state index contributed by atoms with van der Waals surface area (Å²) in [6, 6.07) is 7.51. The molecular formula is C19H26N6O2S. The van der Waals surface area contributed by atoms with Gasteiger partial charge in [-0.1, -0.05) is 29.5 Å². The average molecular weight is 403 g/mol. The van der Waals surface area contributed by atoms with Crippen LogP contribution in [0, 0.1) is 6.92 Å². The van der Waals surface area contributed by atoms with Crippen LogP contribution in [0.15, 0.2) is 29.4 Å². The van der Waals surface area contributed by atoms with Gasteiger partial charge in [0.25, 0.3) is 0 Å². The summed E-state index contributed by atoms with van der Waals surface area (Å²) >= 11 is 1.56. The summed E-state index contributed by atoms with van der Waals surface area (Å²) in [6.07, 6.45) is 4.44. The predicted molar refractivity (Wildman–Crippen MR) is 110 cm³/mol. The van der Waals surface area contributed by atoms with Gasteiger partial charge in [0.15, 0.2) is 5.16 Å². The maximum absolute atomic E-state index is 11.5. The number of nitrogens with one attached hydrogen (secondary N) is 1. The second-order valence-corrected chi connectivity index (χ2v) is 7.93. The number of hydrogen-bond donors (Lipinski definition) is 2. The molecule has 2 aromatic rings. The number of aromatic nitrogens is 3. The van der Waals surface area contributed by atoms with E-state index in [2.05, 4.69) is 56.2 Å². The molecule has 3 rings (SSSR count). The molecule has 0 aliphatic carbocycles. The van der Waals surface area contributed by atoms with Crippen LogP contribution in [0.4, 0.5) is 10.7 Å². The predicted octanol–water partition coefficient (Wildman–Crippen LogP) is 2.63. The molecule has 8 nitrogen and oxygen atoms in total. The van der Waals surface area contributed by atoms with Gasteiger partial charge in [-0.25, -0.2) is 4.79 Å². The molecule has 1 saturated heterocycles. The Morgan fingerprint density at radius 2 is 1.86 bits per heavy atom. The van der Waals surface area contributed by atoms with Crippen molar-refractivity contribution < 1.29 is 9.59 Å². The molecule has 0 spiro atoms. The topological polar surface area (TPSA) is 106 Å². The second-order valence-electron chi connectivity index (χ2n) is 6.87. The number of primary amides is 1. The SMILES string of the molecule is Cc1ccc(-n2c(SCCCC(=O)NC(N)=O)nnc2N2CCCCC2)cc1. The lowest BCUT2D eigenvalue weighted by Crippen LogP contribution is -2.34. The van der Waals surface area contributed by atoms with E-state index in [9.17, 15) is 9.59 Å². The van der Waals surface area contributed by atoms with Gasteiger partial charge in [0, 0.05) is 25.3 Å². The maximum atomic E-state index is 11.5. The third-order valence-corrected chi connectivity index (χ3v) is 5.60. The van der Waals surface area contributed by atoms with Crippen LogP contribution in [0.1, 0.15) is 37.7 Å². The highest BCUT2D eigenvalue weighted by atomic mass is 32.2. The molecule has 1 fully saturated rings. The van der Waals surface area contributed by atoms with E-state index >= 15 is 0 Å². The number of imide groups is 1. The highest BCUT2D eigenvalue weighted by Gasteiger charge is 2.21. The van der Waals surface area contributed by atoms with Crippen molar-refractivity contribution in [3.8, 4) is 5.69 Å². The molecule has 0 unspecified atom stereocenters. The monoisotopic (exact) mass is 402 g/mol. The minimum absolute atomic E-state index is 0.244. The molecule has 0 bridgehead atoms. The number of aryl methyl sites for hydroxylation is 1. The summed E-state index contributed by atoms with van der Waals surface area (Å²) in [5.74, 6) is 1.20. The number of hydrogen-bond acceptors (Lipinski definition) is 6. The number of urea groups is 1. The number of nitrogens with zero attached hydrogens (tertiary/aromatic N) is 4. The van der Waals surface area contributed by atoms with Crippen molar-refractivity contribution in [3.05, 3.63) is 29.8 Å². The van der Waals surface area contributed by atoms with Crippen molar-refractivity contribution >= 4 is 29.6 Å². The molecule has 1 aliphatic heterocycles. The molecule has 1 aliphatic rings. The third kappa shape index (κ3) is 5.25. The van der Waals surface area contributed by atoms with E-state index in [-0.39, 0.29) is 12.3 Å². The quantitative estimate of drug-likeness (QED) is 0.545. The van der Waals surface area contributed by atoms with Crippen LogP contribution >= 0.6 is 11.8 Å². The Kier molecular flexibility index (Phi) is 6.91. The molecule has 150 valence electrons. The minimum Gasteiger partial charge on any atom is -0.351 e. The molecule has 3 N–H and O–H groups in total. The summed E-state index contributed by atoms with van der Waals surface area (Å²) in [5, 5.41) is 11.8. The lowest BCUT2D eigenvalue weighted by atomic mass is 10.1. The number of anilines is 1. The molecule has 28 heavy (non-hydrogen) atoms. The van der Waals surface area contributed by atoms with Crippen molar-refractivity contribution in [1.82, 2.24) is 20.1 Å². The van der Waals surface area contributed by atoms with Gasteiger partial charge in [0.1, 0.15) is 0 Å². The molecule has 0 atom stereocenters. The summed E-state index contributed by atoms with van der Waals surface area (Å²) < 4.78 is 2.10. The molecule has 9 heteroatoms. The summed E-state index contributed by atoms with van der Waals surface area (Å²) in [4.78, 5) is 24.5. The fraction of sp³-hybridized carbons (Fsp3) is 0.474. The molecule has 2 heterocycles. The van der Waals surface area contributed by atoms with E-state index in [4.69, 9.17) is 5.73 Å². The van der Waals surface area contributed by atoms with Crippen LogP contribution in [0.3, 0.4) is 0 Å². The number of thioether (sulfide) groups is 1. The first kappa shape index (κ1) is 20.2. The van der Waals surface area contributed by atoms with Gasteiger partial charge in [0.05, 0.1) is 5.69 Å². The fourth-order valence-corrected chi connectivity index (χ4v) is 4.06. The van der Waals surface area contributed by atoms with E-state index in [0.717, 1.165) is 42.7 Å².